The van der Waals surface area contributed by atoms with Gasteiger partial charge in [0.2, 0.25) is 0 Å². The molecular formula is C10H20N2O3. The van der Waals surface area contributed by atoms with E-state index in [1.54, 1.807) is 7.11 Å². The Bertz CT molecular complexity index is 211. The fourth-order valence-electron chi connectivity index (χ4n) is 2.06. The Morgan fingerprint density at radius 2 is 2.40 bits per heavy atom. The molecular weight excluding hydrogens is 196 g/mol. The molecule has 1 rings (SSSR count). The molecule has 88 valence electrons. The average Bonchev–Trinajstić information content (AvgIpc) is 2.25. The third-order valence-corrected chi connectivity index (χ3v) is 3.01. The van der Waals surface area contributed by atoms with Crippen molar-refractivity contribution < 1.29 is 14.6 Å². The highest BCUT2D eigenvalue weighted by molar-refractivity contribution is 5.66. The number of nitrogens with zero attached hydrogens (tertiary/aromatic N) is 1. The number of hydrogen-bond donors (Lipinski definition) is 2. The zero-order valence-electron chi connectivity index (χ0n) is 9.19. The van der Waals surface area contributed by atoms with E-state index in [0.717, 1.165) is 19.4 Å². The molecule has 0 aliphatic carbocycles. The van der Waals surface area contributed by atoms with Crippen LogP contribution in [0.5, 0.6) is 0 Å². The maximum atomic E-state index is 10.5. The molecule has 1 aliphatic heterocycles. The van der Waals surface area contributed by atoms with Crippen molar-refractivity contribution >= 4 is 5.97 Å². The second kappa shape index (κ2) is 6.05. The van der Waals surface area contributed by atoms with Gasteiger partial charge in [0.15, 0.2) is 0 Å². The summed E-state index contributed by atoms with van der Waals surface area (Å²) in [5.74, 6) is -0.750. The molecule has 0 aromatic rings. The molecule has 3 N–H and O–H groups in total. The first-order chi connectivity index (χ1) is 7.17. The van der Waals surface area contributed by atoms with Gasteiger partial charge >= 0.3 is 5.97 Å². The van der Waals surface area contributed by atoms with Crippen molar-refractivity contribution in [3.8, 4) is 0 Å². The second-order valence-electron chi connectivity index (χ2n) is 3.95. The summed E-state index contributed by atoms with van der Waals surface area (Å²) in [7, 11) is 1.71. The summed E-state index contributed by atoms with van der Waals surface area (Å²) in [5, 5.41) is 8.62. The minimum absolute atomic E-state index is 0.189. The topological polar surface area (TPSA) is 75.8 Å². The SMILES string of the molecule is COC1CCN(CCC(=O)O)C(CN)C1. The molecule has 5 heteroatoms. The van der Waals surface area contributed by atoms with Crippen LogP contribution in [-0.4, -0.2) is 54.9 Å². The Morgan fingerprint density at radius 1 is 1.67 bits per heavy atom. The molecule has 0 aromatic heterocycles. The molecule has 0 saturated carbocycles. The van der Waals surface area contributed by atoms with E-state index in [-0.39, 0.29) is 18.6 Å². The third-order valence-electron chi connectivity index (χ3n) is 3.01. The van der Waals surface area contributed by atoms with Gasteiger partial charge in [0, 0.05) is 32.8 Å². The zero-order chi connectivity index (χ0) is 11.3. The predicted molar refractivity (Wildman–Crippen MR) is 56.7 cm³/mol. The number of carboxylic acid groups (broad SMARTS) is 1. The molecule has 0 radical (unpaired) electrons. The van der Waals surface area contributed by atoms with Crippen LogP contribution in [-0.2, 0) is 9.53 Å². The average molecular weight is 216 g/mol. The van der Waals surface area contributed by atoms with Crippen molar-refractivity contribution in [1.82, 2.24) is 4.90 Å². The quantitative estimate of drug-likeness (QED) is 0.671. The van der Waals surface area contributed by atoms with Crippen LogP contribution in [0.4, 0.5) is 0 Å². The highest BCUT2D eigenvalue weighted by Crippen LogP contribution is 2.19. The highest BCUT2D eigenvalue weighted by Gasteiger charge is 2.27. The lowest BCUT2D eigenvalue weighted by Gasteiger charge is -2.38. The van der Waals surface area contributed by atoms with Gasteiger partial charge in [-0.3, -0.25) is 9.69 Å². The Morgan fingerprint density at radius 3 is 2.93 bits per heavy atom. The second-order valence-corrected chi connectivity index (χ2v) is 3.95. The Kier molecular flexibility index (Phi) is 5.01. The van der Waals surface area contributed by atoms with Crippen LogP contribution >= 0.6 is 0 Å². The molecule has 0 aromatic carbocycles. The fourth-order valence-corrected chi connectivity index (χ4v) is 2.06. The van der Waals surface area contributed by atoms with Crippen molar-refractivity contribution in [3.63, 3.8) is 0 Å². The van der Waals surface area contributed by atoms with E-state index in [0.29, 0.717) is 13.1 Å². The van der Waals surface area contributed by atoms with Gasteiger partial charge < -0.3 is 15.6 Å². The predicted octanol–water partition coefficient (Wildman–Crippen LogP) is -0.101. The van der Waals surface area contributed by atoms with E-state index in [1.807, 2.05) is 0 Å². The Hall–Kier alpha value is -0.650. The monoisotopic (exact) mass is 216 g/mol. The summed E-state index contributed by atoms with van der Waals surface area (Å²) in [6, 6.07) is 0.267. The van der Waals surface area contributed by atoms with Gasteiger partial charge in [-0.15, -0.1) is 0 Å². The molecule has 0 spiro atoms. The minimum Gasteiger partial charge on any atom is -0.481 e. The smallest absolute Gasteiger partial charge is 0.304 e. The lowest BCUT2D eigenvalue weighted by atomic mass is 9.99. The molecule has 15 heavy (non-hydrogen) atoms. The van der Waals surface area contributed by atoms with Crippen molar-refractivity contribution in [1.29, 1.82) is 0 Å². The van der Waals surface area contributed by atoms with Gasteiger partial charge in [0.25, 0.3) is 0 Å². The van der Waals surface area contributed by atoms with Crippen molar-refractivity contribution in [2.75, 3.05) is 26.7 Å². The maximum absolute atomic E-state index is 10.5. The minimum atomic E-state index is -0.750. The number of hydrogen-bond acceptors (Lipinski definition) is 4. The first-order valence-corrected chi connectivity index (χ1v) is 5.36. The largest absolute Gasteiger partial charge is 0.481 e. The number of carboxylic acids is 1. The van der Waals surface area contributed by atoms with Gasteiger partial charge in [-0.05, 0) is 12.8 Å². The Labute approximate surface area is 90.2 Å². The molecule has 1 aliphatic rings. The van der Waals surface area contributed by atoms with Gasteiger partial charge in [-0.25, -0.2) is 0 Å². The van der Waals surface area contributed by atoms with Gasteiger partial charge in [0.1, 0.15) is 0 Å². The summed E-state index contributed by atoms with van der Waals surface area (Å²) in [6.07, 6.45) is 2.34. The van der Waals surface area contributed by atoms with Crippen LogP contribution in [0.3, 0.4) is 0 Å². The standard InChI is InChI=1S/C10H20N2O3/c1-15-9-2-4-12(5-3-10(13)14)8(6-9)7-11/h8-9H,2-7,11H2,1H3,(H,13,14). The highest BCUT2D eigenvalue weighted by atomic mass is 16.5. The molecule has 1 heterocycles. The first kappa shape index (κ1) is 12.4. The van der Waals surface area contributed by atoms with Crippen molar-refractivity contribution in [3.05, 3.63) is 0 Å². The maximum Gasteiger partial charge on any atom is 0.304 e. The number of nitrogens with two attached hydrogens (primary N) is 1. The summed E-state index contributed by atoms with van der Waals surface area (Å²) < 4.78 is 5.30. The van der Waals surface area contributed by atoms with Crippen LogP contribution < -0.4 is 5.73 Å². The molecule has 0 amide bonds. The molecule has 2 atom stereocenters. The lowest BCUT2D eigenvalue weighted by Crippen LogP contribution is -2.49. The third kappa shape index (κ3) is 3.77. The number of methoxy groups -OCH3 is 1. The normalized spacial score (nSPS) is 27.9. The summed E-state index contributed by atoms with van der Waals surface area (Å²) in [4.78, 5) is 12.6. The summed E-state index contributed by atoms with van der Waals surface area (Å²) in [6.45, 7) is 2.04. The van der Waals surface area contributed by atoms with E-state index in [2.05, 4.69) is 4.90 Å². The number of rotatable bonds is 5. The molecule has 5 nitrogen and oxygen atoms in total. The van der Waals surface area contributed by atoms with Crippen molar-refractivity contribution in [2.45, 2.75) is 31.4 Å². The van der Waals surface area contributed by atoms with Gasteiger partial charge in [0.05, 0.1) is 12.5 Å². The van der Waals surface area contributed by atoms with Gasteiger partial charge in [-0.1, -0.05) is 0 Å². The van der Waals surface area contributed by atoms with E-state index >= 15 is 0 Å². The number of carbonyl (C=O) groups is 1. The summed E-state index contributed by atoms with van der Waals surface area (Å²) in [5.41, 5.74) is 5.67. The molecule has 2 unspecified atom stereocenters. The van der Waals surface area contributed by atoms with E-state index in [4.69, 9.17) is 15.6 Å². The lowest BCUT2D eigenvalue weighted by molar-refractivity contribution is -0.137. The van der Waals surface area contributed by atoms with E-state index in [9.17, 15) is 4.79 Å². The van der Waals surface area contributed by atoms with Crippen LogP contribution in [0.25, 0.3) is 0 Å². The van der Waals surface area contributed by atoms with Crippen molar-refractivity contribution in [2.24, 2.45) is 5.73 Å². The zero-order valence-corrected chi connectivity index (χ0v) is 9.19. The number of likely N-dealkylation sites (tertiary alicyclic amines) is 1. The van der Waals surface area contributed by atoms with E-state index < -0.39 is 5.97 Å². The number of piperidine rings is 1. The molecule has 0 bridgehead atoms. The molecule has 1 fully saturated rings. The summed E-state index contributed by atoms with van der Waals surface area (Å²) >= 11 is 0. The van der Waals surface area contributed by atoms with E-state index in [1.165, 1.54) is 0 Å². The van der Waals surface area contributed by atoms with Crippen LogP contribution in [0, 0.1) is 0 Å². The Balaban J connectivity index is 2.40. The van der Waals surface area contributed by atoms with Gasteiger partial charge in [-0.2, -0.15) is 0 Å². The number of aliphatic carboxylic acids is 1. The fraction of sp³-hybridized carbons (Fsp3) is 0.900. The first-order valence-electron chi connectivity index (χ1n) is 5.36. The van der Waals surface area contributed by atoms with Crippen LogP contribution in [0.1, 0.15) is 19.3 Å². The van der Waals surface area contributed by atoms with Crippen LogP contribution in [0.2, 0.25) is 0 Å². The van der Waals surface area contributed by atoms with Crippen LogP contribution in [0.15, 0.2) is 0 Å². The number of ether oxygens (including phenoxy) is 1. The molecule has 1 saturated heterocycles.